The van der Waals surface area contributed by atoms with Gasteiger partial charge in [0, 0.05) is 11.8 Å². The second-order valence-electron chi connectivity index (χ2n) is 9.91. The Bertz CT molecular complexity index is 664. The first kappa shape index (κ1) is 17.5. The summed E-state index contributed by atoms with van der Waals surface area (Å²) in [6.45, 7) is 8.40. The van der Waals surface area contributed by atoms with E-state index in [1.165, 1.54) is 5.57 Å². The lowest BCUT2D eigenvalue weighted by Crippen LogP contribution is -2.57. The van der Waals surface area contributed by atoms with Crippen LogP contribution in [0.2, 0.25) is 0 Å². The molecule has 4 aliphatic carbocycles. The van der Waals surface area contributed by atoms with E-state index in [2.05, 4.69) is 20.8 Å². The highest BCUT2D eigenvalue weighted by Crippen LogP contribution is 2.68. The minimum absolute atomic E-state index is 0.0464. The fourth-order valence-electron chi connectivity index (χ4n) is 7.58. The smallest absolute Gasteiger partial charge is 0.161 e. The van der Waals surface area contributed by atoms with E-state index in [1.54, 1.807) is 6.92 Å². The first-order valence-corrected chi connectivity index (χ1v) is 10.1. The van der Waals surface area contributed by atoms with Gasteiger partial charge in [-0.3, -0.25) is 9.59 Å². The van der Waals surface area contributed by atoms with Crippen molar-refractivity contribution in [3.63, 3.8) is 0 Å². The molecule has 1 N–H and O–H groups in total. The van der Waals surface area contributed by atoms with Crippen molar-refractivity contribution < 1.29 is 14.7 Å². The minimum Gasteiger partial charge on any atom is -0.382 e. The van der Waals surface area contributed by atoms with Crippen LogP contribution in [0.15, 0.2) is 11.6 Å². The SMILES string of the molecule is CC(=O)C1(O)CCC2C3CC(C)C4=CC(=O)CC[C@]4(C)C3CC[C@@]21C. The number of aliphatic hydroxyl groups is 1. The summed E-state index contributed by atoms with van der Waals surface area (Å²) in [6.07, 6.45) is 8.31. The van der Waals surface area contributed by atoms with Gasteiger partial charge in [0.1, 0.15) is 5.60 Å². The van der Waals surface area contributed by atoms with Gasteiger partial charge in [-0.2, -0.15) is 0 Å². The summed E-state index contributed by atoms with van der Waals surface area (Å²) >= 11 is 0. The predicted octanol–water partition coefficient (Wildman–Crippen LogP) is 4.08. The Morgan fingerprint density at radius 1 is 1.16 bits per heavy atom. The van der Waals surface area contributed by atoms with E-state index < -0.39 is 5.60 Å². The summed E-state index contributed by atoms with van der Waals surface area (Å²) in [5, 5.41) is 11.2. The van der Waals surface area contributed by atoms with E-state index in [-0.39, 0.29) is 16.6 Å². The molecule has 3 nitrogen and oxygen atoms in total. The molecule has 3 heteroatoms. The fourth-order valence-corrected chi connectivity index (χ4v) is 7.58. The standard InChI is InChI=1S/C22H32O3/c1-13-11-16-17(20(3)8-5-15(24)12-19(13)20)6-9-21(4)18(16)7-10-22(21,25)14(2)23/h12-13,16-18,25H,5-11H2,1-4H3/t13?,16?,17?,18?,20-,21+,22?/m1/s1. The average molecular weight is 344 g/mol. The molecule has 0 amide bonds. The summed E-state index contributed by atoms with van der Waals surface area (Å²) in [4.78, 5) is 24.3. The van der Waals surface area contributed by atoms with Gasteiger partial charge in [0.2, 0.25) is 0 Å². The van der Waals surface area contributed by atoms with Crippen LogP contribution in [-0.2, 0) is 9.59 Å². The van der Waals surface area contributed by atoms with E-state index in [4.69, 9.17) is 0 Å². The zero-order valence-corrected chi connectivity index (χ0v) is 16.1. The monoisotopic (exact) mass is 344 g/mol. The van der Waals surface area contributed by atoms with Gasteiger partial charge in [0.25, 0.3) is 0 Å². The van der Waals surface area contributed by atoms with Gasteiger partial charge < -0.3 is 5.11 Å². The van der Waals surface area contributed by atoms with Crippen LogP contribution >= 0.6 is 0 Å². The molecule has 138 valence electrons. The summed E-state index contributed by atoms with van der Waals surface area (Å²) in [7, 11) is 0. The molecule has 7 atom stereocenters. The molecule has 0 aromatic carbocycles. The molecule has 0 bridgehead atoms. The predicted molar refractivity (Wildman–Crippen MR) is 96.9 cm³/mol. The summed E-state index contributed by atoms with van der Waals surface area (Å²) in [5.41, 5.74) is 0.107. The Morgan fingerprint density at radius 2 is 1.84 bits per heavy atom. The fraction of sp³-hybridized carbons (Fsp3) is 0.818. The Balaban J connectivity index is 1.73. The largest absolute Gasteiger partial charge is 0.382 e. The highest BCUT2D eigenvalue weighted by Gasteiger charge is 2.66. The normalized spacial score (nSPS) is 52.0. The van der Waals surface area contributed by atoms with Gasteiger partial charge in [-0.1, -0.05) is 26.3 Å². The van der Waals surface area contributed by atoms with Crippen LogP contribution in [0.5, 0.6) is 0 Å². The lowest BCUT2D eigenvalue weighted by Gasteiger charge is -2.60. The van der Waals surface area contributed by atoms with E-state index in [0.717, 1.165) is 32.1 Å². The summed E-state index contributed by atoms with van der Waals surface area (Å²) in [5.74, 6) is 2.27. The molecule has 0 aliphatic heterocycles. The Hall–Kier alpha value is -0.960. The topological polar surface area (TPSA) is 54.4 Å². The van der Waals surface area contributed by atoms with Crippen LogP contribution in [0.25, 0.3) is 0 Å². The Labute approximate surface area is 151 Å². The van der Waals surface area contributed by atoms with Gasteiger partial charge in [0.05, 0.1) is 0 Å². The molecule has 5 unspecified atom stereocenters. The van der Waals surface area contributed by atoms with Crippen LogP contribution in [0.3, 0.4) is 0 Å². The number of Topliss-reactive ketones (excluding diaryl/α,β-unsaturated/α-hetero) is 1. The molecule has 0 saturated heterocycles. The van der Waals surface area contributed by atoms with Crippen molar-refractivity contribution in [1.82, 2.24) is 0 Å². The number of carbonyl (C=O) groups is 2. The third-order valence-electron chi connectivity index (χ3n) is 9.01. The quantitative estimate of drug-likeness (QED) is 0.779. The molecular weight excluding hydrogens is 312 g/mol. The number of hydrogen-bond acceptors (Lipinski definition) is 3. The number of carbonyl (C=O) groups excluding carboxylic acids is 2. The van der Waals surface area contributed by atoms with Gasteiger partial charge in [-0.25, -0.2) is 0 Å². The lowest BCUT2D eigenvalue weighted by molar-refractivity contribution is -0.161. The summed E-state index contributed by atoms with van der Waals surface area (Å²) in [6, 6.07) is 0. The molecule has 0 aromatic heterocycles. The van der Waals surface area contributed by atoms with Crippen molar-refractivity contribution in [3.8, 4) is 0 Å². The third kappa shape index (κ3) is 2.08. The second kappa shape index (κ2) is 5.28. The highest BCUT2D eigenvalue weighted by atomic mass is 16.3. The van der Waals surface area contributed by atoms with Crippen LogP contribution in [0.1, 0.15) is 72.6 Å². The average Bonchev–Trinajstić information content (AvgIpc) is 2.83. The van der Waals surface area contributed by atoms with Gasteiger partial charge in [-0.15, -0.1) is 0 Å². The molecule has 0 aromatic rings. The molecule has 25 heavy (non-hydrogen) atoms. The van der Waals surface area contributed by atoms with Crippen LogP contribution in [-0.4, -0.2) is 22.3 Å². The number of rotatable bonds is 1. The van der Waals surface area contributed by atoms with Crippen LogP contribution < -0.4 is 0 Å². The minimum atomic E-state index is -1.13. The molecule has 4 rings (SSSR count). The van der Waals surface area contributed by atoms with E-state index in [1.807, 2.05) is 6.08 Å². The zero-order valence-electron chi connectivity index (χ0n) is 16.1. The van der Waals surface area contributed by atoms with E-state index >= 15 is 0 Å². The molecule has 0 heterocycles. The van der Waals surface area contributed by atoms with E-state index in [9.17, 15) is 14.7 Å². The zero-order chi connectivity index (χ0) is 18.2. The van der Waals surface area contributed by atoms with E-state index in [0.29, 0.717) is 42.3 Å². The molecular formula is C22H32O3. The third-order valence-corrected chi connectivity index (χ3v) is 9.01. The van der Waals surface area contributed by atoms with Crippen molar-refractivity contribution in [2.45, 2.75) is 78.2 Å². The van der Waals surface area contributed by atoms with Crippen molar-refractivity contribution in [1.29, 1.82) is 0 Å². The van der Waals surface area contributed by atoms with Crippen molar-refractivity contribution in [2.75, 3.05) is 0 Å². The molecule has 0 radical (unpaired) electrons. The molecule has 3 fully saturated rings. The summed E-state index contributed by atoms with van der Waals surface area (Å²) < 4.78 is 0. The highest BCUT2D eigenvalue weighted by molar-refractivity contribution is 5.91. The molecule has 3 saturated carbocycles. The number of fused-ring (bicyclic) bond motifs is 5. The maximum absolute atomic E-state index is 12.3. The van der Waals surface area contributed by atoms with Gasteiger partial charge in [0.15, 0.2) is 11.6 Å². The van der Waals surface area contributed by atoms with Crippen molar-refractivity contribution >= 4 is 11.6 Å². The maximum atomic E-state index is 12.3. The van der Waals surface area contributed by atoms with Gasteiger partial charge in [-0.05, 0) is 80.6 Å². The first-order chi connectivity index (χ1) is 11.6. The number of ketones is 2. The van der Waals surface area contributed by atoms with Gasteiger partial charge >= 0.3 is 0 Å². The molecule has 0 spiro atoms. The maximum Gasteiger partial charge on any atom is 0.161 e. The Morgan fingerprint density at radius 3 is 2.52 bits per heavy atom. The van der Waals surface area contributed by atoms with Crippen molar-refractivity contribution in [2.24, 2.45) is 34.5 Å². The second-order valence-corrected chi connectivity index (χ2v) is 9.91. The number of allylic oxidation sites excluding steroid dienone is 1. The first-order valence-electron chi connectivity index (χ1n) is 10.1. The van der Waals surface area contributed by atoms with Crippen LogP contribution in [0.4, 0.5) is 0 Å². The molecule has 4 aliphatic rings. The Kier molecular flexibility index (Phi) is 3.69. The van der Waals surface area contributed by atoms with Crippen molar-refractivity contribution in [3.05, 3.63) is 11.6 Å². The van der Waals surface area contributed by atoms with Crippen LogP contribution in [0, 0.1) is 34.5 Å². The number of hydrogen-bond donors (Lipinski definition) is 1. The lowest BCUT2D eigenvalue weighted by atomic mass is 9.45.